The summed E-state index contributed by atoms with van der Waals surface area (Å²) >= 11 is 3.23. The summed E-state index contributed by atoms with van der Waals surface area (Å²) in [7, 11) is 0. The van der Waals surface area contributed by atoms with Crippen molar-refractivity contribution >= 4 is 33.6 Å². The number of halogens is 1. The number of urea groups is 1. The normalized spacial score (nSPS) is 11.0. The minimum absolute atomic E-state index is 0.144. The summed E-state index contributed by atoms with van der Waals surface area (Å²) in [6.45, 7) is 6.58. The summed E-state index contributed by atoms with van der Waals surface area (Å²) in [4.78, 5) is 22.6. The summed E-state index contributed by atoms with van der Waals surface area (Å²) in [5, 5.41) is 14.2. The van der Waals surface area contributed by atoms with Crippen LogP contribution in [0.1, 0.15) is 31.1 Å². The Labute approximate surface area is 132 Å². The predicted octanol–water partition coefficient (Wildman–Crippen LogP) is 3.08. The zero-order valence-electron chi connectivity index (χ0n) is 12.2. The number of hydrogen-bond donors (Lipinski definition) is 3. The van der Waals surface area contributed by atoms with Crippen LogP contribution >= 0.6 is 15.9 Å². The summed E-state index contributed by atoms with van der Waals surface area (Å²) < 4.78 is 5.98. The van der Waals surface area contributed by atoms with E-state index in [0.29, 0.717) is 23.3 Å². The largest absolute Gasteiger partial charge is 0.478 e. The van der Waals surface area contributed by atoms with Crippen LogP contribution in [0.4, 0.5) is 10.5 Å². The maximum absolute atomic E-state index is 11.8. The number of carboxylic acids is 1. The van der Waals surface area contributed by atoms with Gasteiger partial charge in [0.2, 0.25) is 0 Å². The van der Waals surface area contributed by atoms with Crippen LogP contribution < -0.4 is 10.6 Å². The number of hydrogen-bond acceptors (Lipinski definition) is 3. The van der Waals surface area contributed by atoms with Gasteiger partial charge in [0.15, 0.2) is 0 Å². The first kappa shape index (κ1) is 17.5. The average Bonchev–Trinajstić information content (AvgIpc) is 2.38. The molecule has 0 atom stereocenters. The second-order valence-electron chi connectivity index (χ2n) is 5.00. The molecule has 21 heavy (non-hydrogen) atoms. The molecule has 0 unspecified atom stereocenters. The first-order valence-corrected chi connectivity index (χ1v) is 7.26. The van der Waals surface area contributed by atoms with Gasteiger partial charge in [-0.2, -0.15) is 0 Å². The first-order chi connectivity index (χ1) is 9.75. The maximum atomic E-state index is 11.8. The van der Waals surface area contributed by atoms with Crippen LogP contribution in [0.25, 0.3) is 0 Å². The Morgan fingerprint density at radius 3 is 2.57 bits per heavy atom. The molecule has 0 aromatic heterocycles. The highest BCUT2D eigenvalue weighted by Gasteiger charge is 2.18. The van der Waals surface area contributed by atoms with Crippen molar-refractivity contribution in [3.8, 4) is 0 Å². The van der Waals surface area contributed by atoms with Crippen LogP contribution in [0.5, 0.6) is 0 Å². The van der Waals surface area contributed by atoms with Crippen molar-refractivity contribution in [1.29, 1.82) is 0 Å². The van der Waals surface area contributed by atoms with E-state index in [9.17, 15) is 9.59 Å². The monoisotopic (exact) mass is 358 g/mol. The minimum atomic E-state index is -1.02. The second-order valence-corrected chi connectivity index (χ2v) is 5.85. The highest BCUT2D eigenvalue weighted by Crippen LogP contribution is 2.23. The number of carbonyl (C=O) groups is 2. The number of aromatic carboxylic acids is 1. The van der Waals surface area contributed by atoms with Gasteiger partial charge in [-0.15, -0.1) is 0 Å². The quantitative estimate of drug-likeness (QED) is 0.728. The van der Waals surface area contributed by atoms with E-state index in [1.165, 1.54) is 18.2 Å². The highest BCUT2D eigenvalue weighted by atomic mass is 79.9. The van der Waals surface area contributed by atoms with E-state index in [-0.39, 0.29) is 11.6 Å². The molecule has 1 rings (SSSR count). The minimum Gasteiger partial charge on any atom is -0.478 e. The van der Waals surface area contributed by atoms with Gasteiger partial charge < -0.3 is 20.5 Å². The molecule has 2 amide bonds. The molecule has 0 saturated heterocycles. The molecule has 0 spiro atoms. The van der Waals surface area contributed by atoms with Crippen LogP contribution in [-0.2, 0) is 4.74 Å². The lowest BCUT2D eigenvalue weighted by atomic mass is 10.1. The first-order valence-electron chi connectivity index (χ1n) is 6.47. The van der Waals surface area contributed by atoms with Crippen LogP contribution in [0, 0.1) is 0 Å². The van der Waals surface area contributed by atoms with Crippen molar-refractivity contribution in [3.63, 3.8) is 0 Å². The van der Waals surface area contributed by atoms with Gasteiger partial charge in [-0.1, -0.05) is 0 Å². The van der Waals surface area contributed by atoms with Crippen LogP contribution in [-0.4, -0.2) is 35.9 Å². The lowest BCUT2D eigenvalue weighted by molar-refractivity contribution is -0.00663. The Morgan fingerprint density at radius 1 is 1.38 bits per heavy atom. The number of ether oxygens (including phenoxy) is 1. The van der Waals surface area contributed by atoms with Crippen LogP contribution in [0.15, 0.2) is 22.7 Å². The number of benzene rings is 1. The molecular weight excluding hydrogens is 340 g/mol. The SMILES string of the molecule is CCOC(C)(C)CNC(=O)Nc1ccc(C(=O)O)cc1Br. The number of amides is 2. The number of nitrogens with one attached hydrogen (secondary N) is 2. The van der Waals surface area contributed by atoms with E-state index in [1.807, 2.05) is 20.8 Å². The van der Waals surface area contributed by atoms with Crippen molar-refractivity contribution in [2.75, 3.05) is 18.5 Å². The van der Waals surface area contributed by atoms with Crippen molar-refractivity contribution in [1.82, 2.24) is 5.32 Å². The van der Waals surface area contributed by atoms with E-state index >= 15 is 0 Å². The van der Waals surface area contributed by atoms with E-state index in [2.05, 4.69) is 26.6 Å². The average molecular weight is 359 g/mol. The Bertz CT molecular complexity index is 532. The van der Waals surface area contributed by atoms with Gasteiger partial charge in [0.25, 0.3) is 0 Å². The Balaban J connectivity index is 2.61. The number of anilines is 1. The zero-order valence-corrected chi connectivity index (χ0v) is 13.8. The third-order valence-electron chi connectivity index (χ3n) is 2.67. The molecule has 7 heteroatoms. The molecule has 0 aliphatic carbocycles. The molecule has 0 fully saturated rings. The topological polar surface area (TPSA) is 87.7 Å². The second kappa shape index (κ2) is 7.42. The molecule has 0 radical (unpaired) electrons. The third kappa shape index (κ3) is 5.73. The van der Waals surface area contributed by atoms with Crippen molar-refractivity contribution in [2.24, 2.45) is 0 Å². The van der Waals surface area contributed by atoms with Gasteiger partial charge in [0.1, 0.15) is 0 Å². The molecule has 1 aromatic carbocycles. The van der Waals surface area contributed by atoms with Gasteiger partial charge in [0.05, 0.1) is 16.9 Å². The lowest BCUT2D eigenvalue weighted by Crippen LogP contribution is -2.42. The molecule has 0 aliphatic rings. The Morgan fingerprint density at radius 2 is 2.05 bits per heavy atom. The molecule has 0 heterocycles. The molecule has 0 bridgehead atoms. The standard InChI is InChI=1S/C14H19BrN2O4/c1-4-21-14(2,3)8-16-13(20)17-11-6-5-9(12(18)19)7-10(11)15/h5-7H,4,8H2,1-3H3,(H,18,19)(H2,16,17,20). The van der Waals surface area contributed by atoms with Gasteiger partial charge in [-0.25, -0.2) is 9.59 Å². The summed E-state index contributed by atoms with van der Waals surface area (Å²) in [6, 6.07) is 4.00. The Kier molecular flexibility index (Phi) is 6.17. The Hall–Kier alpha value is -1.60. The van der Waals surface area contributed by atoms with Crippen LogP contribution in [0.3, 0.4) is 0 Å². The molecule has 6 nitrogen and oxygen atoms in total. The van der Waals surface area contributed by atoms with E-state index in [4.69, 9.17) is 9.84 Å². The summed E-state index contributed by atoms with van der Waals surface area (Å²) in [5.74, 6) is -1.02. The zero-order chi connectivity index (χ0) is 16.0. The molecule has 1 aromatic rings. The number of rotatable bonds is 6. The van der Waals surface area contributed by atoms with Crippen molar-refractivity contribution in [3.05, 3.63) is 28.2 Å². The molecular formula is C14H19BrN2O4. The summed E-state index contributed by atoms with van der Waals surface area (Å²) in [6.07, 6.45) is 0. The van der Waals surface area contributed by atoms with Crippen molar-refractivity contribution < 1.29 is 19.4 Å². The van der Waals surface area contributed by atoms with Gasteiger partial charge >= 0.3 is 12.0 Å². The van der Waals surface area contributed by atoms with Gasteiger partial charge in [0, 0.05) is 17.6 Å². The maximum Gasteiger partial charge on any atom is 0.335 e. The predicted molar refractivity (Wildman–Crippen MR) is 83.8 cm³/mol. The smallest absolute Gasteiger partial charge is 0.335 e. The van der Waals surface area contributed by atoms with E-state index in [0.717, 1.165) is 0 Å². The van der Waals surface area contributed by atoms with Gasteiger partial charge in [-0.3, -0.25) is 0 Å². The fourth-order valence-electron chi connectivity index (χ4n) is 1.65. The highest BCUT2D eigenvalue weighted by molar-refractivity contribution is 9.10. The van der Waals surface area contributed by atoms with E-state index in [1.54, 1.807) is 0 Å². The van der Waals surface area contributed by atoms with Gasteiger partial charge in [-0.05, 0) is 54.9 Å². The fraction of sp³-hybridized carbons (Fsp3) is 0.429. The molecule has 116 valence electrons. The fourth-order valence-corrected chi connectivity index (χ4v) is 2.13. The third-order valence-corrected chi connectivity index (χ3v) is 3.33. The number of carboxylic acid groups (broad SMARTS) is 1. The molecule has 3 N–H and O–H groups in total. The molecule has 0 aliphatic heterocycles. The molecule has 0 saturated carbocycles. The van der Waals surface area contributed by atoms with Crippen molar-refractivity contribution in [2.45, 2.75) is 26.4 Å². The van der Waals surface area contributed by atoms with Crippen LogP contribution in [0.2, 0.25) is 0 Å². The summed E-state index contributed by atoms with van der Waals surface area (Å²) in [5.41, 5.74) is 0.188. The van der Waals surface area contributed by atoms with E-state index < -0.39 is 11.6 Å². The lowest BCUT2D eigenvalue weighted by Gasteiger charge is -2.25. The number of carbonyl (C=O) groups excluding carboxylic acids is 1.